The van der Waals surface area contributed by atoms with Crippen molar-refractivity contribution in [2.45, 2.75) is 52.4 Å². The molecule has 0 radical (unpaired) electrons. The number of para-hydroxylation sites is 4. The van der Waals surface area contributed by atoms with Crippen LogP contribution in [0.25, 0.3) is 121 Å². The Morgan fingerprint density at radius 2 is 0.622 bits per heavy atom. The molecule has 0 fully saturated rings. The zero-order valence-corrected chi connectivity index (χ0v) is 50.9. The maximum Gasteiger partial charge on any atom is 0.0645 e. The monoisotopic (exact) mass is 1160 g/mol. The van der Waals surface area contributed by atoms with Crippen LogP contribution in [0, 0.1) is 0 Å². The van der Waals surface area contributed by atoms with Gasteiger partial charge in [-0.3, -0.25) is 0 Å². The predicted octanol–water partition coefficient (Wildman–Crippen LogP) is 24.2. The van der Waals surface area contributed by atoms with Crippen molar-refractivity contribution in [2.24, 2.45) is 0 Å². The number of nitrogens with zero attached hydrogens (tertiary/aromatic N) is 4. The normalized spacial score (nSPS) is 13.6. The van der Waals surface area contributed by atoms with E-state index in [9.17, 15) is 11.0 Å². The molecule has 0 saturated heterocycles. The molecule has 4 aromatic heterocycles. The molecule has 430 valence electrons. The Kier molecular flexibility index (Phi) is 10.2. The lowest BCUT2D eigenvalue weighted by Gasteiger charge is -2.30. The van der Waals surface area contributed by atoms with E-state index < -0.39 is 0 Å². The summed E-state index contributed by atoms with van der Waals surface area (Å²) in [5.41, 5.74) is 17.2. The first-order valence-corrected chi connectivity index (χ1v) is 30.9. The van der Waals surface area contributed by atoms with Crippen molar-refractivity contribution in [3.8, 4) is 44.5 Å². The summed E-state index contributed by atoms with van der Waals surface area (Å²) >= 11 is 0. The highest BCUT2D eigenvalue weighted by atomic mass is 15.2. The largest absolute Gasteiger partial charge is 0.309 e. The molecular formula is C86H66N4. The Morgan fingerprint density at radius 3 is 1.00 bits per heavy atom. The highest BCUT2D eigenvalue weighted by molar-refractivity contribution is 6.32. The number of benzene rings is 13. The van der Waals surface area contributed by atoms with E-state index in [1.165, 1.54) is 0 Å². The van der Waals surface area contributed by atoms with Gasteiger partial charge in [-0.2, -0.15) is 0 Å². The van der Waals surface area contributed by atoms with Crippen molar-refractivity contribution in [3.05, 3.63) is 302 Å². The van der Waals surface area contributed by atoms with E-state index in [1.807, 2.05) is 121 Å². The van der Waals surface area contributed by atoms with Gasteiger partial charge in [0.2, 0.25) is 0 Å². The molecule has 0 aliphatic heterocycles. The molecular weight excluding hydrogens is 1090 g/mol. The van der Waals surface area contributed by atoms with Gasteiger partial charge in [0.1, 0.15) is 0 Å². The van der Waals surface area contributed by atoms with E-state index in [1.54, 1.807) is 0 Å². The van der Waals surface area contributed by atoms with Gasteiger partial charge in [0.05, 0.1) is 78.2 Å². The third kappa shape index (κ3) is 8.21. The molecule has 4 heterocycles. The van der Waals surface area contributed by atoms with Crippen molar-refractivity contribution in [1.82, 2.24) is 8.80 Å². The molecule has 0 saturated carbocycles. The van der Waals surface area contributed by atoms with Crippen molar-refractivity contribution < 1.29 is 11.0 Å². The third-order valence-electron chi connectivity index (χ3n) is 18.5. The highest BCUT2D eigenvalue weighted by Crippen LogP contribution is 2.55. The molecule has 17 aromatic rings. The minimum Gasteiger partial charge on any atom is -0.309 e. The van der Waals surface area contributed by atoms with Crippen LogP contribution in [0.3, 0.4) is 0 Å². The van der Waals surface area contributed by atoms with Crippen LogP contribution >= 0.6 is 0 Å². The van der Waals surface area contributed by atoms with E-state index in [0.717, 1.165) is 132 Å². The Labute approximate surface area is 536 Å². The van der Waals surface area contributed by atoms with Crippen LogP contribution in [0.5, 0.6) is 0 Å². The molecule has 0 spiro atoms. The van der Waals surface area contributed by atoms with Gasteiger partial charge in [0.15, 0.2) is 0 Å². The summed E-state index contributed by atoms with van der Waals surface area (Å²) in [5.74, 6) is 0. The predicted molar refractivity (Wildman–Crippen MR) is 384 cm³/mol. The van der Waals surface area contributed by atoms with Crippen molar-refractivity contribution in [2.75, 3.05) is 9.80 Å². The first kappa shape index (κ1) is 45.4. The first-order valence-electron chi connectivity index (χ1n) is 34.9. The van der Waals surface area contributed by atoms with Crippen molar-refractivity contribution >= 4 is 110 Å². The Balaban J connectivity index is 1.01. The van der Waals surface area contributed by atoms with E-state index >= 15 is 0 Å². The molecule has 0 N–H and O–H groups in total. The molecule has 0 unspecified atom stereocenters. The Morgan fingerprint density at radius 1 is 0.278 bits per heavy atom. The molecule has 13 aromatic carbocycles. The number of hydrogen-bond donors (Lipinski definition) is 0. The fourth-order valence-corrected chi connectivity index (χ4v) is 14.3. The topological polar surface area (TPSA) is 15.3 Å². The summed E-state index contributed by atoms with van der Waals surface area (Å²) in [6, 6.07) is 81.2. The molecule has 0 aliphatic rings. The maximum absolute atomic E-state index is 10.1. The van der Waals surface area contributed by atoms with Crippen LogP contribution in [0.1, 0.15) is 63.6 Å². The van der Waals surface area contributed by atoms with Gasteiger partial charge < -0.3 is 18.6 Å². The molecule has 4 nitrogen and oxygen atoms in total. The summed E-state index contributed by atoms with van der Waals surface area (Å²) in [6.07, 6.45) is 0. The third-order valence-corrected chi connectivity index (χ3v) is 18.5. The Hall–Kier alpha value is -10.9. The fraction of sp³-hybridized carbons (Fsp3) is 0.0930. The number of hydrogen-bond acceptors (Lipinski definition) is 2. The summed E-state index contributed by atoms with van der Waals surface area (Å²) in [7, 11) is 0. The summed E-state index contributed by atoms with van der Waals surface area (Å²) in [6.45, 7) is 13.4. The summed E-state index contributed by atoms with van der Waals surface area (Å²) < 4.78 is 81.9. The molecule has 90 heavy (non-hydrogen) atoms. The average Bonchev–Trinajstić information content (AvgIpc) is 1.50. The Bertz CT molecular complexity index is 5740. The van der Waals surface area contributed by atoms with E-state index in [2.05, 4.69) is 181 Å². The van der Waals surface area contributed by atoms with Gasteiger partial charge in [-0.05, 0) is 117 Å². The van der Waals surface area contributed by atoms with Crippen LogP contribution in [-0.2, 0) is 10.8 Å². The van der Waals surface area contributed by atoms with Crippen molar-refractivity contribution in [1.29, 1.82) is 0 Å². The van der Waals surface area contributed by atoms with Gasteiger partial charge in [0, 0.05) is 65.3 Å². The van der Waals surface area contributed by atoms with Crippen LogP contribution < -0.4 is 9.80 Å². The molecule has 17 rings (SSSR count). The van der Waals surface area contributed by atoms with Gasteiger partial charge in [-0.15, -0.1) is 0 Å². The van der Waals surface area contributed by atoms with Gasteiger partial charge in [-0.1, -0.05) is 260 Å². The lowest BCUT2D eigenvalue weighted by atomic mass is 9.86. The zero-order chi connectivity index (χ0) is 67.5. The molecule has 0 amide bonds. The van der Waals surface area contributed by atoms with Crippen LogP contribution in [-0.4, -0.2) is 8.80 Å². The zero-order valence-electron chi connectivity index (χ0n) is 58.9. The van der Waals surface area contributed by atoms with Crippen LogP contribution in [0.15, 0.2) is 291 Å². The highest BCUT2D eigenvalue weighted by Gasteiger charge is 2.32. The second kappa shape index (κ2) is 20.3. The standard InChI is InChI=1S/C86H66N4/c1-85(2,3)59-43-47-75-69(51-59)81-77(87(71-39-23-19-35-61(71)55-27-11-7-12-28-55)72-40-24-20-36-62(72)56-29-13-8-14-30-56)49-45-65-67-54-80-68(53-79(67)89(75)83(65)81)66-46-50-78(82-70-52-60(86(4,5)6)44-48-76(70)90(80)84(66)82)88(73-41-25-21-37-63(73)57-31-15-9-16-32-57)74-42-26-22-38-64(74)58-33-17-10-18-34-58/h7-54H,1-6H3/i19D,21D,23D,25D,35D,37D,39D,41D. The van der Waals surface area contributed by atoms with E-state index in [-0.39, 0.29) is 59.2 Å². The van der Waals surface area contributed by atoms with Crippen LogP contribution in [0.2, 0.25) is 0 Å². The number of anilines is 6. The first-order chi connectivity index (χ1) is 47.3. The number of fused-ring (bicyclic) bond motifs is 12. The van der Waals surface area contributed by atoms with Crippen LogP contribution in [0.4, 0.5) is 34.1 Å². The lowest BCUT2D eigenvalue weighted by Crippen LogP contribution is -2.13. The molecule has 4 heteroatoms. The minimum absolute atomic E-state index is 0.130. The smallest absolute Gasteiger partial charge is 0.0645 e. The van der Waals surface area contributed by atoms with E-state index in [4.69, 9.17) is 0 Å². The second-order valence-electron chi connectivity index (χ2n) is 25.8. The average molecular weight is 1160 g/mol. The molecule has 0 atom stereocenters. The maximum atomic E-state index is 10.1. The lowest BCUT2D eigenvalue weighted by molar-refractivity contribution is 0.591. The molecule has 0 bridgehead atoms. The second-order valence-corrected chi connectivity index (χ2v) is 25.8. The van der Waals surface area contributed by atoms with E-state index in [0.29, 0.717) is 33.6 Å². The fourth-order valence-electron chi connectivity index (χ4n) is 14.3. The van der Waals surface area contributed by atoms with Gasteiger partial charge >= 0.3 is 0 Å². The summed E-state index contributed by atoms with van der Waals surface area (Å²) in [5, 5.41) is 7.96. The van der Waals surface area contributed by atoms with Crippen molar-refractivity contribution in [3.63, 3.8) is 0 Å². The number of rotatable bonds is 10. The van der Waals surface area contributed by atoms with Gasteiger partial charge in [0.25, 0.3) is 0 Å². The summed E-state index contributed by atoms with van der Waals surface area (Å²) in [4.78, 5) is 4.21. The quantitative estimate of drug-likeness (QED) is 0.136. The minimum atomic E-state index is -0.327. The molecule has 0 aliphatic carbocycles. The SMILES string of the molecule is [2H]c1c([2H])c([2H])c(N(c2ccccc2-c2ccccc2)c2ccc3c4cc5c(cc4n4c6ccc(C(C)(C)C)cc6c2c34)c2ccc(N(c3ccccc3-c3ccccc3)c3c([2H])c([2H])c([2H])c([2H])c3-c3ccccc3)c3c4cc(C(C)(C)C)ccc4n5c23)c(-c2ccccc2)c1[2H]. The van der Waals surface area contributed by atoms with Gasteiger partial charge in [-0.25, -0.2) is 0 Å². The number of aromatic nitrogens is 2.